The number of esters is 1. The summed E-state index contributed by atoms with van der Waals surface area (Å²) in [4.78, 5) is 11.7. The third-order valence-electron chi connectivity index (χ3n) is 3.16. The molecule has 0 heterocycles. The lowest BCUT2D eigenvalue weighted by Gasteiger charge is -2.19. The molecule has 0 aliphatic heterocycles. The molecule has 1 aliphatic carbocycles. The standard InChI is InChI=1S/C14H18O2.C2H7N/c15-14(13-9-5-2-6-10-13)16-11-12-7-3-1-4-8-12;1-3-2/h1,3-4,7-8,13H,2,5-6,9-11H2;3H,1-2H3. The van der Waals surface area contributed by atoms with Crippen molar-refractivity contribution in [1.29, 1.82) is 0 Å². The molecule has 1 fully saturated rings. The first-order valence-electron chi connectivity index (χ1n) is 7.07. The number of rotatable bonds is 3. The Balaban J connectivity index is 0.000000550. The molecule has 0 aromatic heterocycles. The van der Waals surface area contributed by atoms with Crippen molar-refractivity contribution >= 4 is 5.97 Å². The summed E-state index contributed by atoms with van der Waals surface area (Å²) in [5, 5.41) is 2.75. The fraction of sp³-hybridized carbons (Fsp3) is 0.562. The van der Waals surface area contributed by atoms with Crippen LogP contribution in [0.4, 0.5) is 0 Å². The van der Waals surface area contributed by atoms with Crippen LogP contribution in [0.25, 0.3) is 0 Å². The summed E-state index contributed by atoms with van der Waals surface area (Å²) in [6, 6.07) is 9.85. The van der Waals surface area contributed by atoms with Crippen molar-refractivity contribution in [2.24, 2.45) is 5.92 Å². The molecule has 0 amide bonds. The molecule has 1 aliphatic rings. The van der Waals surface area contributed by atoms with E-state index in [0.29, 0.717) is 6.61 Å². The third-order valence-corrected chi connectivity index (χ3v) is 3.16. The molecule has 0 bridgehead atoms. The highest BCUT2D eigenvalue weighted by atomic mass is 16.5. The fourth-order valence-corrected chi connectivity index (χ4v) is 2.18. The molecule has 106 valence electrons. The molecule has 0 unspecified atom stereocenters. The Morgan fingerprint density at radius 2 is 1.74 bits per heavy atom. The monoisotopic (exact) mass is 263 g/mol. The Morgan fingerprint density at radius 1 is 1.16 bits per heavy atom. The molecular formula is C16H25NO2. The van der Waals surface area contributed by atoms with Gasteiger partial charge in [-0.25, -0.2) is 0 Å². The zero-order valence-corrected chi connectivity index (χ0v) is 12.0. The lowest BCUT2D eigenvalue weighted by Crippen LogP contribution is -2.20. The molecule has 0 radical (unpaired) electrons. The largest absolute Gasteiger partial charge is 0.461 e. The molecule has 1 aromatic carbocycles. The Bertz CT molecular complexity index is 345. The SMILES string of the molecule is CNC.O=C(OCc1ccccc1)C1CCCCC1. The fourth-order valence-electron chi connectivity index (χ4n) is 2.18. The zero-order chi connectivity index (χ0) is 13.9. The molecule has 3 nitrogen and oxygen atoms in total. The molecule has 1 N–H and O–H groups in total. The van der Waals surface area contributed by atoms with Gasteiger partial charge in [-0.2, -0.15) is 0 Å². The van der Waals surface area contributed by atoms with Crippen molar-refractivity contribution in [3.8, 4) is 0 Å². The van der Waals surface area contributed by atoms with Crippen LogP contribution < -0.4 is 5.32 Å². The van der Waals surface area contributed by atoms with Gasteiger partial charge in [0.2, 0.25) is 0 Å². The van der Waals surface area contributed by atoms with Gasteiger partial charge in [0.05, 0.1) is 5.92 Å². The number of benzene rings is 1. The van der Waals surface area contributed by atoms with Gasteiger partial charge < -0.3 is 10.1 Å². The molecule has 19 heavy (non-hydrogen) atoms. The minimum atomic E-state index is -0.0106. The first kappa shape index (κ1) is 15.7. The number of carbonyl (C=O) groups excluding carboxylic acids is 1. The number of nitrogens with one attached hydrogen (secondary N) is 1. The number of hydrogen-bond donors (Lipinski definition) is 1. The van der Waals surface area contributed by atoms with Gasteiger partial charge >= 0.3 is 5.97 Å². The summed E-state index contributed by atoms with van der Waals surface area (Å²) in [6.45, 7) is 0.413. The van der Waals surface area contributed by atoms with Crippen LogP contribution >= 0.6 is 0 Å². The molecule has 1 saturated carbocycles. The van der Waals surface area contributed by atoms with Gasteiger partial charge in [0.1, 0.15) is 6.61 Å². The van der Waals surface area contributed by atoms with E-state index in [1.807, 2.05) is 44.4 Å². The molecule has 0 spiro atoms. The Hall–Kier alpha value is -1.35. The second-order valence-corrected chi connectivity index (χ2v) is 4.93. The minimum Gasteiger partial charge on any atom is -0.461 e. The van der Waals surface area contributed by atoms with Crippen LogP contribution in [0.1, 0.15) is 37.7 Å². The average molecular weight is 263 g/mol. The third kappa shape index (κ3) is 6.39. The lowest BCUT2D eigenvalue weighted by molar-refractivity contribution is -0.151. The minimum absolute atomic E-state index is 0.0106. The molecule has 3 heteroatoms. The summed E-state index contributed by atoms with van der Waals surface area (Å²) in [5.74, 6) is 0.140. The highest BCUT2D eigenvalue weighted by Crippen LogP contribution is 2.24. The van der Waals surface area contributed by atoms with Crippen molar-refractivity contribution in [3.63, 3.8) is 0 Å². The summed E-state index contributed by atoms with van der Waals surface area (Å²) < 4.78 is 5.33. The zero-order valence-electron chi connectivity index (χ0n) is 12.0. The van der Waals surface area contributed by atoms with Gasteiger partial charge in [0.25, 0.3) is 0 Å². The van der Waals surface area contributed by atoms with Gasteiger partial charge in [-0.15, -0.1) is 0 Å². The lowest BCUT2D eigenvalue weighted by atomic mass is 9.89. The van der Waals surface area contributed by atoms with Crippen molar-refractivity contribution in [1.82, 2.24) is 5.32 Å². The number of hydrogen-bond acceptors (Lipinski definition) is 3. The maximum absolute atomic E-state index is 11.7. The van der Waals surface area contributed by atoms with Gasteiger partial charge in [0, 0.05) is 0 Å². The topological polar surface area (TPSA) is 38.3 Å². The van der Waals surface area contributed by atoms with E-state index in [4.69, 9.17) is 4.74 Å². The van der Waals surface area contributed by atoms with Gasteiger partial charge in [0.15, 0.2) is 0 Å². The Morgan fingerprint density at radius 3 is 2.32 bits per heavy atom. The van der Waals surface area contributed by atoms with E-state index in [-0.39, 0.29) is 11.9 Å². The van der Waals surface area contributed by atoms with Crippen molar-refractivity contribution in [2.75, 3.05) is 14.1 Å². The van der Waals surface area contributed by atoms with Crippen LogP contribution in [-0.4, -0.2) is 20.1 Å². The van der Waals surface area contributed by atoms with E-state index in [0.717, 1.165) is 18.4 Å². The molecule has 0 saturated heterocycles. The smallest absolute Gasteiger partial charge is 0.309 e. The second-order valence-electron chi connectivity index (χ2n) is 4.93. The highest BCUT2D eigenvalue weighted by molar-refractivity contribution is 5.72. The second kappa shape index (κ2) is 9.56. The summed E-state index contributed by atoms with van der Waals surface area (Å²) in [6.07, 6.45) is 5.62. The number of ether oxygens (including phenoxy) is 1. The van der Waals surface area contributed by atoms with Crippen molar-refractivity contribution in [3.05, 3.63) is 35.9 Å². The van der Waals surface area contributed by atoms with Crippen LogP contribution in [0.3, 0.4) is 0 Å². The molecular weight excluding hydrogens is 238 g/mol. The predicted molar refractivity (Wildman–Crippen MR) is 77.8 cm³/mol. The first-order valence-corrected chi connectivity index (χ1v) is 7.07. The Kier molecular flexibility index (Phi) is 7.91. The van der Waals surface area contributed by atoms with Crippen molar-refractivity contribution < 1.29 is 9.53 Å². The van der Waals surface area contributed by atoms with Gasteiger partial charge in [-0.05, 0) is 32.5 Å². The van der Waals surface area contributed by atoms with E-state index in [2.05, 4.69) is 5.32 Å². The van der Waals surface area contributed by atoms with E-state index in [9.17, 15) is 4.79 Å². The normalized spacial score (nSPS) is 15.3. The Labute approximate surface area is 116 Å². The van der Waals surface area contributed by atoms with Crippen LogP contribution in [0, 0.1) is 5.92 Å². The molecule has 0 atom stereocenters. The van der Waals surface area contributed by atoms with Crippen LogP contribution in [0.5, 0.6) is 0 Å². The van der Waals surface area contributed by atoms with Crippen LogP contribution in [-0.2, 0) is 16.1 Å². The average Bonchev–Trinajstić information content (AvgIpc) is 2.47. The maximum Gasteiger partial charge on any atom is 0.309 e. The number of carbonyl (C=O) groups is 1. The van der Waals surface area contributed by atoms with Gasteiger partial charge in [-0.3, -0.25) is 4.79 Å². The predicted octanol–water partition coefficient (Wildman–Crippen LogP) is 3.15. The summed E-state index contributed by atoms with van der Waals surface area (Å²) in [5.41, 5.74) is 1.06. The van der Waals surface area contributed by atoms with E-state index >= 15 is 0 Å². The van der Waals surface area contributed by atoms with E-state index in [1.54, 1.807) is 0 Å². The molecule has 1 aromatic rings. The molecule has 2 rings (SSSR count). The van der Waals surface area contributed by atoms with E-state index < -0.39 is 0 Å². The summed E-state index contributed by atoms with van der Waals surface area (Å²) >= 11 is 0. The van der Waals surface area contributed by atoms with Crippen LogP contribution in [0.2, 0.25) is 0 Å². The van der Waals surface area contributed by atoms with Crippen LogP contribution in [0.15, 0.2) is 30.3 Å². The van der Waals surface area contributed by atoms with Crippen molar-refractivity contribution in [2.45, 2.75) is 38.7 Å². The highest BCUT2D eigenvalue weighted by Gasteiger charge is 2.22. The first-order chi connectivity index (χ1) is 9.27. The quantitative estimate of drug-likeness (QED) is 0.851. The summed E-state index contributed by atoms with van der Waals surface area (Å²) in [7, 11) is 3.75. The maximum atomic E-state index is 11.7. The van der Waals surface area contributed by atoms with Gasteiger partial charge in [-0.1, -0.05) is 49.6 Å². The van der Waals surface area contributed by atoms with E-state index in [1.165, 1.54) is 19.3 Å².